The maximum atomic E-state index is 6.12. The zero-order chi connectivity index (χ0) is 13.8. The molecule has 0 aromatic heterocycles. The van der Waals surface area contributed by atoms with Crippen molar-refractivity contribution in [3.63, 3.8) is 0 Å². The highest BCUT2D eigenvalue weighted by Gasteiger charge is 2.31. The lowest BCUT2D eigenvalue weighted by Gasteiger charge is -2.44. The van der Waals surface area contributed by atoms with Crippen molar-refractivity contribution in [1.29, 1.82) is 0 Å². The Morgan fingerprint density at radius 3 is 2.21 bits per heavy atom. The summed E-state index contributed by atoms with van der Waals surface area (Å²) in [5.41, 5.74) is 6.12. The maximum Gasteiger partial charge on any atom is 0.0247 e. The minimum Gasteiger partial charge on any atom is -0.329 e. The SMILES string of the molecule is CC1CCCC(C(CN)N2CCN(C(C)C)CC2)C1. The predicted molar refractivity (Wildman–Crippen MR) is 82.2 cm³/mol. The van der Waals surface area contributed by atoms with Crippen molar-refractivity contribution in [3.05, 3.63) is 0 Å². The molecule has 0 amide bonds. The summed E-state index contributed by atoms with van der Waals surface area (Å²) in [5, 5.41) is 0. The molecule has 1 saturated heterocycles. The van der Waals surface area contributed by atoms with Crippen molar-refractivity contribution in [2.75, 3.05) is 32.7 Å². The Kier molecular flexibility index (Phi) is 5.67. The van der Waals surface area contributed by atoms with Gasteiger partial charge in [0.15, 0.2) is 0 Å². The Labute approximate surface area is 119 Å². The molecule has 2 N–H and O–H groups in total. The summed E-state index contributed by atoms with van der Waals surface area (Å²) < 4.78 is 0. The van der Waals surface area contributed by atoms with Gasteiger partial charge in [-0.25, -0.2) is 0 Å². The van der Waals surface area contributed by atoms with Gasteiger partial charge in [0.05, 0.1) is 0 Å². The molecule has 1 heterocycles. The zero-order valence-corrected chi connectivity index (χ0v) is 13.1. The predicted octanol–water partition coefficient (Wildman–Crippen LogP) is 2.17. The lowest BCUT2D eigenvalue weighted by Crippen LogP contribution is -2.56. The molecule has 112 valence electrons. The Morgan fingerprint density at radius 2 is 1.68 bits per heavy atom. The van der Waals surface area contributed by atoms with E-state index < -0.39 is 0 Å². The average Bonchev–Trinajstić information content (AvgIpc) is 2.40. The Balaban J connectivity index is 1.88. The van der Waals surface area contributed by atoms with Crippen molar-refractivity contribution in [2.45, 2.75) is 58.5 Å². The molecule has 0 radical (unpaired) electrons. The number of piperazine rings is 1. The smallest absolute Gasteiger partial charge is 0.0247 e. The highest BCUT2D eigenvalue weighted by atomic mass is 15.3. The number of nitrogens with zero attached hydrogens (tertiary/aromatic N) is 2. The molecule has 0 spiro atoms. The first-order valence-electron chi connectivity index (χ1n) is 8.30. The van der Waals surface area contributed by atoms with Crippen LogP contribution in [-0.4, -0.2) is 54.6 Å². The lowest BCUT2D eigenvalue weighted by molar-refractivity contribution is 0.0449. The van der Waals surface area contributed by atoms with Crippen LogP contribution < -0.4 is 5.73 Å². The highest BCUT2D eigenvalue weighted by Crippen LogP contribution is 2.32. The highest BCUT2D eigenvalue weighted by molar-refractivity contribution is 4.87. The van der Waals surface area contributed by atoms with E-state index in [-0.39, 0.29) is 0 Å². The van der Waals surface area contributed by atoms with Crippen LogP contribution in [0.15, 0.2) is 0 Å². The maximum absolute atomic E-state index is 6.12. The molecule has 1 saturated carbocycles. The van der Waals surface area contributed by atoms with Crippen molar-refractivity contribution < 1.29 is 0 Å². The standard InChI is InChI=1S/C16H33N3/c1-13(2)18-7-9-19(10-8-18)16(12-17)15-6-4-5-14(3)11-15/h13-16H,4-12,17H2,1-3H3. The van der Waals surface area contributed by atoms with Crippen molar-refractivity contribution >= 4 is 0 Å². The zero-order valence-electron chi connectivity index (χ0n) is 13.1. The van der Waals surface area contributed by atoms with Crippen LogP contribution in [0.1, 0.15) is 46.5 Å². The lowest BCUT2D eigenvalue weighted by atomic mass is 9.78. The first-order chi connectivity index (χ1) is 9.11. The van der Waals surface area contributed by atoms with E-state index in [2.05, 4.69) is 30.6 Å². The summed E-state index contributed by atoms with van der Waals surface area (Å²) in [6, 6.07) is 1.32. The molecule has 2 aliphatic rings. The van der Waals surface area contributed by atoms with Gasteiger partial charge in [0.2, 0.25) is 0 Å². The largest absolute Gasteiger partial charge is 0.329 e. The number of hydrogen-bond donors (Lipinski definition) is 1. The van der Waals surface area contributed by atoms with Crippen LogP contribution in [0.2, 0.25) is 0 Å². The molecule has 3 unspecified atom stereocenters. The van der Waals surface area contributed by atoms with Gasteiger partial charge in [0.25, 0.3) is 0 Å². The third-order valence-electron chi connectivity index (χ3n) is 5.31. The van der Waals surface area contributed by atoms with Gasteiger partial charge in [0, 0.05) is 44.8 Å². The Hall–Kier alpha value is -0.120. The molecule has 2 rings (SSSR count). The van der Waals surface area contributed by atoms with E-state index >= 15 is 0 Å². The van der Waals surface area contributed by atoms with Crippen LogP contribution in [0.25, 0.3) is 0 Å². The quantitative estimate of drug-likeness (QED) is 0.847. The fraction of sp³-hybridized carbons (Fsp3) is 1.00. The van der Waals surface area contributed by atoms with Gasteiger partial charge in [-0.15, -0.1) is 0 Å². The number of rotatable bonds is 4. The van der Waals surface area contributed by atoms with Gasteiger partial charge in [-0.3, -0.25) is 9.80 Å². The molecular weight excluding hydrogens is 234 g/mol. The van der Waals surface area contributed by atoms with E-state index in [1.165, 1.54) is 51.9 Å². The molecule has 3 heteroatoms. The van der Waals surface area contributed by atoms with E-state index in [4.69, 9.17) is 5.73 Å². The second-order valence-corrected chi connectivity index (χ2v) is 7.00. The average molecular weight is 267 g/mol. The van der Waals surface area contributed by atoms with E-state index in [9.17, 15) is 0 Å². The molecule has 2 fully saturated rings. The monoisotopic (exact) mass is 267 g/mol. The van der Waals surface area contributed by atoms with E-state index in [0.717, 1.165) is 18.4 Å². The first-order valence-corrected chi connectivity index (χ1v) is 8.30. The van der Waals surface area contributed by atoms with Crippen LogP contribution in [0.4, 0.5) is 0 Å². The summed E-state index contributed by atoms with van der Waals surface area (Å²) in [6.07, 6.45) is 5.63. The minimum atomic E-state index is 0.636. The molecule has 3 atom stereocenters. The topological polar surface area (TPSA) is 32.5 Å². The normalized spacial score (nSPS) is 32.7. The summed E-state index contributed by atoms with van der Waals surface area (Å²) in [6.45, 7) is 12.7. The molecule has 19 heavy (non-hydrogen) atoms. The molecule has 0 aromatic carbocycles. The van der Waals surface area contributed by atoms with Gasteiger partial charge in [-0.1, -0.05) is 19.8 Å². The molecule has 0 aromatic rings. The first kappa shape index (κ1) is 15.3. The van der Waals surface area contributed by atoms with Crippen LogP contribution in [0.3, 0.4) is 0 Å². The third-order valence-corrected chi connectivity index (χ3v) is 5.31. The third kappa shape index (κ3) is 3.93. The second-order valence-electron chi connectivity index (χ2n) is 7.00. The fourth-order valence-corrected chi connectivity index (χ4v) is 4.06. The van der Waals surface area contributed by atoms with Crippen molar-refractivity contribution in [2.24, 2.45) is 17.6 Å². The van der Waals surface area contributed by atoms with Gasteiger partial charge >= 0.3 is 0 Å². The van der Waals surface area contributed by atoms with Gasteiger partial charge in [0.1, 0.15) is 0 Å². The minimum absolute atomic E-state index is 0.636. The van der Waals surface area contributed by atoms with Crippen LogP contribution in [0, 0.1) is 11.8 Å². The molecule has 0 bridgehead atoms. The van der Waals surface area contributed by atoms with Crippen molar-refractivity contribution in [1.82, 2.24) is 9.80 Å². The Bertz CT molecular complexity index is 259. The van der Waals surface area contributed by atoms with Gasteiger partial charge in [-0.2, -0.15) is 0 Å². The summed E-state index contributed by atoms with van der Waals surface area (Å²) in [5.74, 6) is 1.75. The summed E-state index contributed by atoms with van der Waals surface area (Å²) in [4.78, 5) is 5.27. The Morgan fingerprint density at radius 1 is 1.05 bits per heavy atom. The van der Waals surface area contributed by atoms with E-state index in [1.807, 2.05) is 0 Å². The fourth-order valence-electron chi connectivity index (χ4n) is 4.06. The molecular formula is C16H33N3. The molecule has 1 aliphatic carbocycles. The second kappa shape index (κ2) is 7.05. The summed E-state index contributed by atoms with van der Waals surface area (Å²) in [7, 11) is 0. The molecule has 1 aliphatic heterocycles. The number of hydrogen-bond acceptors (Lipinski definition) is 3. The summed E-state index contributed by atoms with van der Waals surface area (Å²) >= 11 is 0. The van der Waals surface area contributed by atoms with E-state index in [1.54, 1.807) is 0 Å². The van der Waals surface area contributed by atoms with E-state index in [0.29, 0.717) is 12.1 Å². The van der Waals surface area contributed by atoms with Crippen molar-refractivity contribution in [3.8, 4) is 0 Å². The van der Waals surface area contributed by atoms with Crippen LogP contribution in [0.5, 0.6) is 0 Å². The van der Waals surface area contributed by atoms with Gasteiger partial charge in [-0.05, 0) is 38.5 Å². The van der Waals surface area contributed by atoms with Gasteiger partial charge < -0.3 is 5.73 Å². The molecule has 3 nitrogen and oxygen atoms in total. The van der Waals surface area contributed by atoms with Crippen LogP contribution >= 0.6 is 0 Å². The number of nitrogens with two attached hydrogens (primary N) is 1. The van der Waals surface area contributed by atoms with Crippen LogP contribution in [-0.2, 0) is 0 Å².